The third-order valence-electron chi connectivity index (χ3n) is 13.6. The highest BCUT2D eigenvalue weighted by molar-refractivity contribution is 5.69. The third kappa shape index (κ3) is 15.1. The Hall–Kier alpha value is -6.59. The lowest BCUT2D eigenvalue weighted by molar-refractivity contribution is -0.353. The topological polar surface area (TPSA) is 144 Å². The van der Waals surface area contributed by atoms with Crippen LogP contribution >= 0.6 is 0 Å². The number of nitrogens with zero attached hydrogens (tertiary/aromatic N) is 1. The van der Waals surface area contributed by atoms with Crippen molar-refractivity contribution in [1.29, 1.82) is 0 Å². The van der Waals surface area contributed by atoms with Crippen molar-refractivity contribution < 1.29 is 57.6 Å². The number of amides is 1. The van der Waals surface area contributed by atoms with Crippen LogP contribution in [0.5, 0.6) is 0 Å². The van der Waals surface area contributed by atoms with Gasteiger partial charge in [-0.1, -0.05) is 212 Å². The molecule has 76 heavy (non-hydrogen) atoms. The Labute approximate surface area is 445 Å². The van der Waals surface area contributed by atoms with Crippen LogP contribution in [0.3, 0.4) is 0 Å². The fourth-order valence-electron chi connectivity index (χ4n) is 9.65. The van der Waals surface area contributed by atoms with E-state index in [0.29, 0.717) is 0 Å². The molecule has 7 aromatic rings. The zero-order chi connectivity index (χ0) is 52.2. The van der Waals surface area contributed by atoms with Crippen molar-refractivity contribution in [1.82, 2.24) is 4.90 Å². The SMILES string of the molecule is O=C(OCc1ccccc1)N1[C@H](COCc2ccccc2)[C@@H](O)[C@@H](O[C@H]2O[C@H](COCc3ccccc3)[C@@H](OCc3ccccc3)[C@H](OCc3ccccc3)[C@@H]2OCc2ccccc2)[C@H](OCc2ccccc2)[C@H]1CO. The van der Waals surface area contributed by atoms with Gasteiger partial charge in [0.1, 0.15) is 49.3 Å². The predicted molar refractivity (Wildman–Crippen MR) is 285 cm³/mol. The van der Waals surface area contributed by atoms with Gasteiger partial charge in [0.25, 0.3) is 0 Å². The maximum Gasteiger partial charge on any atom is 0.410 e. The summed E-state index contributed by atoms with van der Waals surface area (Å²) in [5, 5.41) is 24.6. The molecule has 0 spiro atoms. The summed E-state index contributed by atoms with van der Waals surface area (Å²) in [5.41, 5.74) is 6.20. The molecule has 2 N–H and O–H groups in total. The van der Waals surface area contributed by atoms with Crippen molar-refractivity contribution in [3.8, 4) is 0 Å². The van der Waals surface area contributed by atoms with E-state index in [1.54, 1.807) is 0 Å². The van der Waals surface area contributed by atoms with Crippen molar-refractivity contribution >= 4 is 6.09 Å². The molecule has 7 aromatic carbocycles. The van der Waals surface area contributed by atoms with E-state index in [9.17, 15) is 15.0 Å². The molecule has 13 nitrogen and oxygen atoms in total. The number of carbonyl (C=O) groups is 1. The molecule has 0 radical (unpaired) electrons. The highest BCUT2D eigenvalue weighted by Gasteiger charge is 2.56. The smallest absolute Gasteiger partial charge is 0.410 e. The molecule has 0 bridgehead atoms. The maximum absolute atomic E-state index is 14.6. The molecule has 13 heteroatoms. The van der Waals surface area contributed by atoms with Gasteiger partial charge in [-0.15, -0.1) is 0 Å². The Kier molecular flexibility index (Phi) is 20.3. The first-order valence-corrected chi connectivity index (χ1v) is 25.9. The lowest BCUT2D eigenvalue weighted by atomic mass is 9.87. The van der Waals surface area contributed by atoms with E-state index in [2.05, 4.69) is 0 Å². The van der Waals surface area contributed by atoms with Crippen LogP contribution in [0.1, 0.15) is 38.9 Å². The fraction of sp³-hybridized carbons (Fsp3) is 0.317. The van der Waals surface area contributed by atoms with Crippen molar-refractivity contribution in [3.05, 3.63) is 251 Å². The first-order valence-electron chi connectivity index (χ1n) is 25.9. The second kappa shape index (κ2) is 28.5. The summed E-state index contributed by atoms with van der Waals surface area (Å²) in [7, 11) is 0. The molecule has 0 unspecified atom stereocenters. The molecular formula is C63H67NO12. The minimum absolute atomic E-state index is 0.0459. The normalized spacial score (nSPS) is 23.5. The second-order valence-corrected chi connectivity index (χ2v) is 18.9. The Morgan fingerprint density at radius 3 is 1.18 bits per heavy atom. The first kappa shape index (κ1) is 54.2. The summed E-state index contributed by atoms with van der Waals surface area (Å²) in [6, 6.07) is 65.6. The molecule has 396 valence electrons. The van der Waals surface area contributed by atoms with E-state index in [4.69, 9.17) is 42.6 Å². The number of benzene rings is 7. The van der Waals surface area contributed by atoms with Gasteiger partial charge in [0.2, 0.25) is 0 Å². The number of hydrogen-bond acceptors (Lipinski definition) is 12. The standard InChI is InChI=1S/C63H67NO12/c65-36-53-57(70-39-48-26-12-3-13-27-48)59(56(66)54(44-68-37-46-22-8-1-9-23-46)64(53)63(67)74-43-52-34-20-7-21-35-52)76-62-61(73-42-51-32-18-6-19-33-51)60(72-41-50-30-16-5-17-31-50)58(71-40-49-28-14-4-15-29-49)55(75-62)45-69-38-47-24-10-2-11-25-47/h1-35,53-62,65-66H,36-45H2/t53-,54-,55-,56-,57-,58-,59-,60+,61+,62-/m1/s1. The lowest BCUT2D eigenvalue weighted by Crippen LogP contribution is -2.72. The molecule has 0 aliphatic carbocycles. The molecule has 10 atom stereocenters. The summed E-state index contributed by atoms with van der Waals surface area (Å²) in [5.74, 6) is 0. The van der Waals surface area contributed by atoms with Gasteiger partial charge in [-0.05, 0) is 38.9 Å². The van der Waals surface area contributed by atoms with E-state index in [0.717, 1.165) is 38.9 Å². The summed E-state index contributed by atoms with van der Waals surface area (Å²) in [4.78, 5) is 16.0. The third-order valence-corrected chi connectivity index (χ3v) is 13.6. The Morgan fingerprint density at radius 2 is 0.763 bits per heavy atom. The summed E-state index contributed by atoms with van der Waals surface area (Å²) in [6.07, 6.45) is -9.47. The average molecular weight is 1030 g/mol. The van der Waals surface area contributed by atoms with Gasteiger partial charge in [0.15, 0.2) is 6.29 Å². The maximum atomic E-state index is 14.6. The van der Waals surface area contributed by atoms with Gasteiger partial charge in [-0.25, -0.2) is 4.79 Å². The monoisotopic (exact) mass is 1030 g/mol. The number of ether oxygens (including phenoxy) is 9. The van der Waals surface area contributed by atoms with Gasteiger partial charge in [-0.3, -0.25) is 4.90 Å². The number of carbonyl (C=O) groups excluding carboxylic acids is 1. The van der Waals surface area contributed by atoms with Gasteiger partial charge in [-0.2, -0.15) is 0 Å². The van der Waals surface area contributed by atoms with Crippen LogP contribution in [-0.4, -0.2) is 102 Å². The fourth-order valence-corrected chi connectivity index (χ4v) is 9.65. The molecule has 0 saturated carbocycles. The molecule has 2 saturated heterocycles. The van der Waals surface area contributed by atoms with Gasteiger partial charge in [0.05, 0.1) is 71.5 Å². The van der Waals surface area contributed by atoms with E-state index in [-0.39, 0.29) is 59.5 Å². The summed E-state index contributed by atoms with van der Waals surface area (Å²) < 4.78 is 60.9. The predicted octanol–water partition coefficient (Wildman–Crippen LogP) is 9.61. The number of piperidine rings is 1. The van der Waals surface area contributed by atoms with Crippen molar-refractivity contribution in [3.63, 3.8) is 0 Å². The quantitative estimate of drug-likeness (QED) is 0.0563. The number of hydrogen-bond donors (Lipinski definition) is 2. The number of rotatable bonds is 25. The van der Waals surface area contributed by atoms with Crippen molar-refractivity contribution in [2.45, 2.75) is 107 Å². The van der Waals surface area contributed by atoms with Crippen LogP contribution in [0.4, 0.5) is 4.79 Å². The molecule has 2 aliphatic heterocycles. The Balaban J connectivity index is 1.10. The summed E-state index contributed by atoms with van der Waals surface area (Å²) in [6.45, 7) is 0.315. The van der Waals surface area contributed by atoms with E-state index in [1.807, 2.05) is 212 Å². The second-order valence-electron chi connectivity index (χ2n) is 18.9. The van der Waals surface area contributed by atoms with Crippen LogP contribution in [0.25, 0.3) is 0 Å². The molecule has 2 fully saturated rings. The van der Waals surface area contributed by atoms with Crippen LogP contribution in [0.15, 0.2) is 212 Å². The zero-order valence-corrected chi connectivity index (χ0v) is 42.5. The van der Waals surface area contributed by atoms with Gasteiger partial charge < -0.3 is 52.8 Å². The minimum Gasteiger partial charge on any atom is -0.445 e. The van der Waals surface area contributed by atoms with Crippen LogP contribution in [-0.2, 0) is 88.9 Å². The average Bonchev–Trinajstić information content (AvgIpc) is 3.49. The number of aliphatic hydroxyl groups excluding tert-OH is 2. The van der Waals surface area contributed by atoms with E-state index in [1.165, 1.54) is 4.90 Å². The highest BCUT2D eigenvalue weighted by atomic mass is 16.7. The van der Waals surface area contributed by atoms with E-state index < -0.39 is 73.8 Å². The number of aliphatic hydroxyl groups is 2. The van der Waals surface area contributed by atoms with Crippen molar-refractivity contribution in [2.24, 2.45) is 0 Å². The minimum atomic E-state index is -1.51. The highest BCUT2D eigenvalue weighted by Crippen LogP contribution is 2.37. The van der Waals surface area contributed by atoms with Crippen molar-refractivity contribution in [2.75, 3.05) is 19.8 Å². The van der Waals surface area contributed by atoms with Crippen LogP contribution in [0.2, 0.25) is 0 Å². The van der Waals surface area contributed by atoms with Gasteiger partial charge in [0, 0.05) is 0 Å². The first-order chi connectivity index (χ1) is 37.5. The lowest BCUT2D eigenvalue weighted by Gasteiger charge is -2.52. The molecule has 2 heterocycles. The van der Waals surface area contributed by atoms with Crippen LogP contribution in [0, 0.1) is 0 Å². The van der Waals surface area contributed by atoms with E-state index >= 15 is 0 Å². The molecule has 2 aliphatic rings. The molecule has 0 aromatic heterocycles. The zero-order valence-electron chi connectivity index (χ0n) is 42.5. The largest absolute Gasteiger partial charge is 0.445 e. The molecule has 1 amide bonds. The Bertz CT molecular complexity index is 2710. The Morgan fingerprint density at radius 1 is 0.408 bits per heavy atom. The number of likely N-dealkylation sites (tertiary alicyclic amines) is 1. The van der Waals surface area contributed by atoms with Crippen LogP contribution < -0.4 is 0 Å². The summed E-state index contributed by atoms with van der Waals surface area (Å²) >= 11 is 0. The molecule has 9 rings (SSSR count). The molecular weight excluding hydrogens is 963 g/mol. The van der Waals surface area contributed by atoms with Gasteiger partial charge >= 0.3 is 6.09 Å².